The van der Waals surface area contributed by atoms with Crippen LogP contribution < -0.4 is 6.15 Å². The van der Waals surface area contributed by atoms with Gasteiger partial charge in [-0.2, -0.15) is 0 Å². The zero-order valence-electron chi connectivity index (χ0n) is 1.90. The molecule has 0 aliphatic carbocycles. The smallest absolute Gasteiger partial charge is 0 e. The molecular formula is H3N2ORh-. The molecule has 29 valence electrons. The summed E-state index contributed by atoms with van der Waals surface area (Å²) >= 11 is 0. The van der Waals surface area contributed by atoms with Crippen molar-refractivity contribution in [1.29, 1.82) is 0 Å². The van der Waals surface area contributed by atoms with E-state index >= 15 is 0 Å². The number of nitrogens with zero attached hydrogens (tertiary/aromatic N) is 1. The molecule has 3 N–H and O–H groups in total. The van der Waals surface area contributed by atoms with Gasteiger partial charge < -0.3 is 16.7 Å². The van der Waals surface area contributed by atoms with Gasteiger partial charge in [-0.25, -0.2) is 0 Å². The summed E-state index contributed by atoms with van der Waals surface area (Å²) in [7, 11) is 0. The van der Waals surface area contributed by atoms with Crippen LogP contribution >= 0.6 is 0 Å². The number of nitroso groups, excluding NO2 is 1. The first-order valence-corrected chi connectivity index (χ1v) is 0.183. The van der Waals surface area contributed by atoms with Crippen LogP contribution in [0.4, 0.5) is 0 Å². The minimum atomic E-state index is 0. The van der Waals surface area contributed by atoms with Gasteiger partial charge in [-0.3, -0.25) is 0 Å². The molecule has 0 saturated carbocycles. The van der Waals surface area contributed by atoms with Crippen LogP contribution in [0, 0.1) is 4.91 Å². The maximum absolute atomic E-state index is 7.25. The Kier molecular flexibility index (Phi) is 3420. The molecule has 0 fully saturated rings. The van der Waals surface area contributed by atoms with Crippen LogP contribution in [0.1, 0.15) is 0 Å². The molecule has 0 unspecified atom stereocenters. The Bertz CT molecular complexity index is 6.00. The molecule has 0 spiro atoms. The second-order valence-corrected chi connectivity index (χ2v) is 0. The average molecular weight is 150 g/mol. The van der Waals surface area contributed by atoms with Gasteiger partial charge in [0.05, 0.1) is 0 Å². The van der Waals surface area contributed by atoms with E-state index in [1.807, 2.05) is 0 Å². The first-order chi connectivity index (χ1) is 1.00. The Morgan fingerprint density at radius 3 is 1.25 bits per heavy atom. The van der Waals surface area contributed by atoms with E-state index in [1.54, 1.807) is 0 Å². The molecule has 3 nitrogen and oxygen atoms in total. The van der Waals surface area contributed by atoms with E-state index in [0.29, 0.717) is 0 Å². The van der Waals surface area contributed by atoms with Crippen LogP contribution in [-0.2, 0) is 19.5 Å². The van der Waals surface area contributed by atoms with Crippen molar-refractivity contribution >= 4 is 0 Å². The standard InChI is InChI=1S/NO.H3N.Rh/c1-2;;/h;1H3;/q-1;;. The SMILES string of the molecule is N.[N-]=O.[Rh]. The third-order valence-corrected chi connectivity index (χ3v) is 0. The van der Waals surface area contributed by atoms with E-state index in [-0.39, 0.29) is 25.6 Å². The summed E-state index contributed by atoms with van der Waals surface area (Å²) in [5.74, 6) is 0. The molecule has 0 aromatic carbocycles. The summed E-state index contributed by atoms with van der Waals surface area (Å²) < 4.78 is 0. The zero-order valence-corrected chi connectivity index (χ0v) is 3.53. The van der Waals surface area contributed by atoms with E-state index in [9.17, 15) is 0 Å². The summed E-state index contributed by atoms with van der Waals surface area (Å²) in [6.45, 7) is 0. The van der Waals surface area contributed by atoms with Crippen molar-refractivity contribution in [3.05, 3.63) is 10.5 Å². The molecule has 0 aliphatic rings. The van der Waals surface area contributed by atoms with Gasteiger partial charge >= 0.3 is 0 Å². The van der Waals surface area contributed by atoms with Crippen molar-refractivity contribution < 1.29 is 19.5 Å². The minimum absolute atomic E-state index is 0. The van der Waals surface area contributed by atoms with Gasteiger partial charge in [0.15, 0.2) is 0 Å². The fourth-order valence-electron chi connectivity index (χ4n) is 0. The van der Waals surface area contributed by atoms with Gasteiger partial charge in [0.1, 0.15) is 0 Å². The summed E-state index contributed by atoms with van der Waals surface area (Å²) in [4.78, 5) is 7.25. The fraction of sp³-hybridized carbons (Fsp3) is 0. The van der Waals surface area contributed by atoms with Crippen molar-refractivity contribution in [2.24, 2.45) is 0 Å². The normalized spacial score (nSPS) is 1.00. The first-order valence-electron chi connectivity index (χ1n) is 0.183. The predicted octanol–water partition coefficient (Wildman–Crippen LogP) is 0.482. The fourth-order valence-corrected chi connectivity index (χ4v) is 0. The van der Waals surface area contributed by atoms with Crippen molar-refractivity contribution in [1.82, 2.24) is 6.15 Å². The topological polar surface area (TPSA) is 74.4 Å². The van der Waals surface area contributed by atoms with Crippen molar-refractivity contribution in [3.63, 3.8) is 0 Å². The molecule has 0 aliphatic heterocycles. The Labute approximate surface area is 36.9 Å². The molecule has 0 aromatic rings. The number of rotatable bonds is 0. The predicted molar refractivity (Wildman–Crippen MR) is 11.7 cm³/mol. The quantitative estimate of drug-likeness (QED) is 0.510. The van der Waals surface area contributed by atoms with Gasteiger partial charge in [0.2, 0.25) is 0 Å². The number of hydrogen-bond acceptors (Lipinski definition) is 2. The molecule has 1 radical (unpaired) electrons. The molecule has 4 heavy (non-hydrogen) atoms. The Balaban J connectivity index is -0.00000000500. The largest absolute Gasteiger partial charge is 0.577 e. The zero-order chi connectivity index (χ0) is 2.00. The third-order valence-electron chi connectivity index (χ3n) is 0. The average Bonchev–Trinajstić information content (AvgIpc) is 1.00. The van der Waals surface area contributed by atoms with Gasteiger partial charge in [0, 0.05) is 19.5 Å². The Morgan fingerprint density at radius 2 is 1.25 bits per heavy atom. The van der Waals surface area contributed by atoms with E-state index in [1.165, 1.54) is 0 Å². The molecule has 0 atom stereocenters. The molecule has 4 heteroatoms. The van der Waals surface area contributed by atoms with E-state index in [2.05, 4.69) is 0 Å². The molecule has 0 heterocycles. The van der Waals surface area contributed by atoms with Crippen LogP contribution in [0.25, 0.3) is 5.59 Å². The van der Waals surface area contributed by atoms with E-state index in [0.717, 1.165) is 0 Å². The maximum Gasteiger partial charge on any atom is 0 e. The maximum atomic E-state index is 7.25. The second-order valence-electron chi connectivity index (χ2n) is 0. The molecular weight excluding hydrogens is 147 g/mol. The summed E-state index contributed by atoms with van der Waals surface area (Å²) in [6.07, 6.45) is 0. The van der Waals surface area contributed by atoms with Crippen LogP contribution in [0.15, 0.2) is 0 Å². The molecule has 0 rings (SSSR count). The third kappa shape index (κ3) is 90.9. The summed E-state index contributed by atoms with van der Waals surface area (Å²) in [5.41, 5.74) is 5.75. The monoisotopic (exact) mass is 150 g/mol. The van der Waals surface area contributed by atoms with Crippen LogP contribution in [0.2, 0.25) is 0 Å². The molecule has 0 bridgehead atoms. The van der Waals surface area contributed by atoms with E-state index in [4.69, 9.17) is 10.5 Å². The molecule has 0 amide bonds. The first kappa shape index (κ1) is 30.3. The van der Waals surface area contributed by atoms with Crippen LogP contribution in [-0.4, -0.2) is 0 Å². The van der Waals surface area contributed by atoms with Crippen molar-refractivity contribution in [2.75, 3.05) is 0 Å². The van der Waals surface area contributed by atoms with Crippen LogP contribution in [0.3, 0.4) is 0 Å². The summed E-state index contributed by atoms with van der Waals surface area (Å²) in [5, 5.41) is 0. The van der Waals surface area contributed by atoms with Gasteiger partial charge in [-0.05, 0) is 0 Å². The Morgan fingerprint density at radius 1 is 1.25 bits per heavy atom. The van der Waals surface area contributed by atoms with E-state index < -0.39 is 0 Å². The number of hydrogen-bond donors (Lipinski definition) is 1. The van der Waals surface area contributed by atoms with Crippen molar-refractivity contribution in [2.45, 2.75) is 0 Å². The second kappa shape index (κ2) is 451. The molecule has 0 aromatic heterocycles. The van der Waals surface area contributed by atoms with Gasteiger partial charge in [0.25, 0.3) is 0 Å². The van der Waals surface area contributed by atoms with Gasteiger partial charge in [-0.1, -0.05) is 0 Å². The Hall–Kier alpha value is 0.183. The minimum Gasteiger partial charge on any atom is -0.577 e. The van der Waals surface area contributed by atoms with Crippen molar-refractivity contribution in [3.8, 4) is 0 Å². The molecule has 0 saturated heterocycles. The van der Waals surface area contributed by atoms with Crippen LogP contribution in [0.5, 0.6) is 0 Å². The summed E-state index contributed by atoms with van der Waals surface area (Å²) in [6, 6.07) is 0. The van der Waals surface area contributed by atoms with Gasteiger partial charge in [-0.15, -0.1) is 0 Å².